The zero-order chi connectivity index (χ0) is 11.3. The summed E-state index contributed by atoms with van der Waals surface area (Å²) in [4.78, 5) is 11.1. The van der Waals surface area contributed by atoms with Crippen molar-refractivity contribution >= 4 is 11.7 Å². The molecule has 4 heteroatoms. The van der Waals surface area contributed by atoms with Crippen LogP contribution < -0.4 is 10.5 Å². The van der Waals surface area contributed by atoms with Crippen LogP contribution in [0.15, 0.2) is 24.3 Å². The number of benzene rings is 1. The average Bonchev–Trinajstić information content (AvgIpc) is 2.25. The third kappa shape index (κ3) is 3.50. The Morgan fingerprint density at radius 2 is 2.27 bits per heavy atom. The maximum absolute atomic E-state index is 11.1. The number of hydrogen-bond donors (Lipinski definition) is 1. The van der Waals surface area contributed by atoms with Gasteiger partial charge in [-0.1, -0.05) is 6.07 Å². The maximum atomic E-state index is 11.1. The van der Waals surface area contributed by atoms with Gasteiger partial charge in [0.05, 0.1) is 13.0 Å². The number of nitrogen functional groups attached to an aromatic ring is 1. The van der Waals surface area contributed by atoms with Crippen LogP contribution in [0.5, 0.6) is 5.75 Å². The molecule has 0 fully saturated rings. The Bertz CT molecular complexity index is 338. The molecule has 2 N–H and O–H groups in total. The highest BCUT2D eigenvalue weighted by molar-refractivity contribution is 5.71. The van der Waals surface area contributed by atoms with Crippen LogP contribution in [0.4, 0.5) is 5.69 Å². The van der Waals surface area contributed by atoms with Gasteiger partial charge in [0.2, 0.25) is 0 Å². The molecule has 0 spiro atoms. The van der Waals surface area contributed by atoms with Crippen LogP contribution in [0.2, 0.25) is 0 Å². The SMILES string of the molecule is COC(=O)C(C)COc1cccc(N)c1. The number of carbonyl (C=O) groups excluding carboxylic acids is 1. The largest absolute Gasteiger partial charge is 0.493 e. The molecule has 0 radical (unpaired) electrons. The Morgan fingerprint density at radius 3 is 2.87 bits per heavy atom. The summed E-state index contributed by atoms with van der Waals surface area (Å²) in [6, 6.07) is 7.08. The minimum atomic E-state index is -0.281. The number of carbonyl (C=O) groups is 1. The molecule has 1 rings (SSSR count). The van der Waals surface area contributed by atoms with Crippen molar-refractivity contribution in [3.05, 3.63) is 24.3 Å². The number of hydrogen-bond acceptors (Lipinski definition) is 4. The molecule has 0 aliphatic heterocycles. The summed E-state index contributed by atoms with van der Waals surface area (Å²) in [5, 5.41) is 0. The first-order valence-corrected chi connectivity index (χ1v) is 4.69. The summed E-state index contributed by atoms with van der Waals surface area (Å²) in [5.41, 5.74) is 6.22. The van der Waals surface area contributed by atoms with Crippen molar-refractivity contribution in [1.29, 1.82) is 0 Å². The Balaban J connectivity index is 2.47. The molecular formula is C11H15NO3. The van der Waals surface area contributed by atoms with Gasteiger partial charge in [-0.25, -0.2) is 0 Å². The summed E-state index contributed by atoms with van der Waals surface area (Å²) < 4.78 is 9.97. The lowest BCUT2D eigenvalue weighted by Gasteiger charge is -2.11. The van der Waals surface area contributed by atoms with Crippen LogP contribution >= 0.6 is 0 Å². The van der Waals surface area contributed by atoms with E-state index in [0.29, 0.717) is 11.4 Å². The van der Waals surface area contributed by atoms with Crippen LogP contribution in [-0.2, 0) is 9.53 Å². The molecule has 0 saturated heterocycles. The van der Waals surface area contributed by atoms with E-state index in [4.69, 9.17) is 10.5 Å². The Morgan fingerprint density at radius 1 is 1.53 bits per heavy atom. The third-order valence-electron chi connectivity index (χ3n) is 1.96. The van der Waals surface area contributed by atoms with Gasteiger partial charge >= 0.3 is 5.97 Å². The van der Waals surface area contributed by atoms with E-state index >= 15 is 0 Å². The summed E-state index contributed by atoms with van der Waals surface area (Å²) >= 11 is 0. The van der Waals surface area contributed by atoms with E-state index < -0.39 is 0 Å². The van der Waals surface area contributed by atoms with Crippen LogP contribution in [-0.4, -0.2) is 19.7 Å². The second-order valence-corrected chi connectivity index (χ2v) is 3.31. The van der Waals surface area contributed by atoms with Crippen molar-refractivity contribution in [1.82, 2.24) is 0 Å². The molecule has 1 unspecified atom stereocenters. The normalized spacial score (nSPS) is 11.9. The van der Waals surface area contributed by atoms with E-state index in [1.165, 1.54) is 7.11 Å². The van der Waals surface area contributed by atoms with Crippen molar-refractivity contribution in [2.24, 2.45) is 5.92 Å². The molecule has 0 aliphatic carbocycles. The summed E-state index contributed by atoms with van der Waals surface area (Å²) in [6.45, 7) is 2.04. The molecule has 1 atom stereocenters. The standard InChI is InChI=1S/C11H15NO3/c1-8(11(13)14-2)7-15-10-5-3-4-9(12)6-10/h3-6,8H,7,12H2,1-2H3. The van der Waals surface area contributed by atoms with Gasteiger partial charge in [0.25, 0.3) is 0 Å². The van der Waals surface area contributed by atoms with E-state index in [2.05, 4.69) is 4.74 Å². The van der Waals surface area contributed by atoms with Crippen LogP contribution in [0.1, 0.15) is 6.92 Å². The van der Waals surface area contributed by atoms with Crippen LogP contribution in [0, 0.1) is 5.92 Å². The molecule has 0 bridgehead atoms. The first-order valence-electron chi connectivity index (χ1n) is 4.69. The maximum Gasteiger partial charge on any atom is 0.311 e. The fourth-order valence-electron chi connectivity index (χ4n) is 1.09. The predicted molar refractivity (Wildman–Crippen MR) is 57.5 cm³/mol. The average molecular weight is 209 g/mol. The molecule has 15 heavy (non-hydrogen) atoms. The van der Waals surface area contributed by atoms with Gasteiger partial charge in [-0.2, -0.15) is 0 Å². The van der Waals surface area contributed by atoms with Crippen molar-refractivity contribution in [3.8, 4) is 5.75 Å². The molecule has 82 valence electrons. The summed E-state index contributed by atoms with van der Waals surface area (Å²) in [6.07, 6.45) is 0. The highest BCUT2D eigenvalue weighted by atomic mass is 16.5. The number of rotatable bonds is 4. The second-order valence-electron chi connectivity index (χ2n) is 3.31. The number of ether oxygens (including phenoxy) is 2. The van der Waals surface area contributed by atoms with Crippen molar-refractivity contribution in [2.45, 2.75) is 6.92 Å². The van der Waals surface area contributed by atoms with Crippen molar-refractivity contribution in [3.63, 3.8) is 0 Å². The molecule has 0 heterocycles. The molecule has 0 aromatic heterocycles. The van der Waals surface area contributed by atoms with Crippen molar-refractivity contribution in [2.75, 3.05) is 19.5 Å². The number of esters is 1. The smallest absolute Gasteiger partial charge is 0.311 e. The molecule has 4 nitrogen and oxygen atoms in total. The molecule has 0 saturated carbocycles. The third-order valence-corrected chi connectivity index (χ3v) is 1.96. The van der Waals surface area contributed by atoms with Gasteiger partial charge in [0.1, 0.15) is 12.4 Å². The van der Waals surface area contributed by atoms with Gasteiger partial charge in [-0.3, -0.25) is 4.79 Å². The van der Waals surface area contributed by atoms with Gasteiger partial charge in [-0.05, 0) is 19.1 Å². The van der Waals surface area contributed by atoms with Crippen molar-refractivity contribution < 1.29 is 14.3 Å². The zero-order valence-electron chi connectivity index (χ0n) is 8.90. The van der Waals surface area contributed by atoms with Gasteiger partial charge in [0.15, 0.2) is 0 Å². The minimum absolute atomic E-state index is 0.279. The van der Waals surface area contributed by atoms with E-state index in [-0.39, 0.29) is 18.5 Å². The molecule has 0 aliphatic rings. The van der Waals surface area contributed by atoms with E-state index in [1.807, 2.05) is 0 Å². The topological polar surface area (TPSA) is 61.5 Å². The van der Waals surface area contributed by atoms with Gasteiger partial charge in [0, 0.05) is 11.8 Å². The molecule has 0 amide bonds. The van der Waals surface area contributed by atoms with E-state index in [9.17, 15) is 4.79 Å². The predicted octanol–water partition coefficient (Wildman–Crippen LogP) is 1.46. The zero-order valence-corrected chi connectivity index (χ0v) is 8.90. The van der Waals surface area contributed by atoms with Gasteiger partial charge in [-0.15, -0.1) is 0 Å². The molecular weight excluding hydrogens is 194 g/mol. The first kappa shape index (κ1) is 11.4. The molecule has 1 aromatic carbocycles. The quantitative estimate of drug-likeness (QED) is 0.602. The fourth-order valence-corrected chi connectivity index (χ4v) is 1.09. The molecule has 1 aromatic rings. The highest BCUT2D eigenvalue weighted by Crippen LogP contribution is 2.15. The second kappa shape index (κ2) is 5.24. The number of anilines is 1. The van der Waals surface area contributed by atoms with Gasteiger partial charge < -0.3 is 15.2 Å². The Labute approximate surface area is 89.0 Å². The Hall–Kier alpha value is -1.71. The van der Waals surface area contributed by atoms with Crippen LogP contribution in [0.25, 0.3) is 0 Å². The monoisotopic (exact) mass is 209 g/mol. The summed E-state index contributed by atoms with van der Waals surface area (Å²) in [7, 11) is 1.36. The van der Waals surface area contributed by atoms with E-state index in [1.54, 1.807) is 31.2 Å². The lowest BCUT2D eigenvalue weighted by atomic mass is 10.2. The number of nitrogens with two attached hydrogens (primary N) is 1. The number of methoxy groups -OCH3 is 1. The lowest BCUT2D eigenvalue weighted by molar-refractivity contribution is -0.145. The minimum Gasteiger partial charge on any atom is -0.493 e. The van der Waals surface area contributed by atoms with E-state index in [0.717, 1.165) is 0 Å². The fraction of sp³-hybridized carbons (Fsp3) is 0.364. The Kier molecular flexibility index (Phi) is 3.97. The van der Waals surface area contributed by atoms with Crippen LogP contribution in [0.3, 0.4) is 0 Å². The summed E-state index contributed by atoms with van der Waals surface area (Å²) in [5.74, 6) is 0.0982. The first-order chi connectivity index (χ1) is 7.13. The lowest BCUT2D eigenvalue weighted by Crippen LogP contribution is -2.19. The highest BCUT2D eigenvalue weighted by Gasteiger charge is 2.13.